The summed E-state index contributed by atoms with van der Waals surface area (Å²) in [6, 6.07) is 5.71. The average Bonchev–Trinajstić information content (AvgIpc) is 2.67. The van der Waals surface area contributed by atoms with Crippen LogP contribution in [0.25, 0.3) is 0 Å². The van der Waals surface area contributed by atoms with E-state index < -0.39 is 0 Å². The molecule has 0 bridgehead atoms. The molecule has 1 N–H and O–H groups in total. The first-order valence-corrected chi connectivity index (χ1v) is 8.58. The van der Waals surface area contributed by atoms with Gasteiger partial charge in [-0.05, 0) is 50.3 Å². The largest absolute Gasteiger partial charge is 0.307 e. The van der Waals surface area contributed by atoms with E-state index >= 15 is 0 Å². The van der Waals surface area contributed by atoms with Crippen molar-refractivity contribution in [2.75, 3.05) is 0 Å². The number of halogens is 2. The summed E-state index contributed by atoms with van der Waals surface area (Å²) in [5.74, 6) is 0.587. The van der Waals surface area contributed by atoms with Crippen LogP contribution in [0.3, 0.4) is 0 Å². The summed E-state index contributed by atoms with van der Waals surface area (Å²) in [4.78, 5) is 0. The van der Waals surface area contributed by atoms with Gasteiger partial charge >= 0.3 is 0 Å². The quantitative estimate of drug-likeness (QED) is 0.703. The van der Waals surface area contributed by atoms with Crippen molar-refractivity contribution < 1.29 is 4.39 Å². The minimum atomic E-state index is -0.190. The standard InChI is InChI=1S/C17H25BrFN/c1-12(14-7-5-3-4-6-8-14)20-13(2)16-10-9-15(19)11-17(16)18/h9-14,20H,3-8H2,1-2H3/t12-,13?/m0/s1. The van der Waals surface area contributed by atoms with Gasteiger partial charge in [0.15, 0.2) is 0 Å². The molecule has 0 aromatic heterocycles. The first-order valence-electron chi connectivity index (χ1n) is 7.79. The predicted octanol–water partition coefficient (Wildman–Crippen LogP) is 5.60. The zero-order valence-corrected chi connectivity index (χ0v) is 14.0. The van der Waals surface area contributed by atoms with Gasteiger partial charge in [0.2, 0.25) is 0 Å². The maximum Gasteiger partial charge on any atom is 0.124 e. The minimum absolute atomic E-state index is 0.190. The van der Waals surface area contributed by atoms with E-state index in [-0.39, 0.29) is 11.9 Å². The monoisotopic (exact) mass is 341 g/mol. The van der Waals surface area contributed by atoms with Crippen molar-refractivity contribution in [1.82, 2.24) is 5.32 Å². The van der Waals surface area contributed by atoms with E-state index in [1.54, 1.807) is 6.07 Å². The lowest BCUT2D eigenvalue weighted by molar-refractivity contribution is 0.316. The highest BCUT2D eigenvalue weighted by Gasteiger charge is 2.21. The molecule has 1 nitrogen and oxygen atoms in total. The molecule has 1 aromatic rings. The third-order valence-corrected chi connectivity index (χ3v) is 5.24. The second-order valence-corrected chi connectivity index (χ2v) is 6.95. The lowest BCUT2D eigenvalue weighted by atomic mass is 9.92. The molecular weight excluding hydrogens is 317 g/mol. The molecule has 1 saturated carbocycles. The average molecular weight is 342 g/mol. The van der Waals surface area contributed by atoms with Gasteiger partial charge in [0.1, 0.15) is 5.82 Å². The van der Waals surface area contributed by atoms with Crippen LogP contribution in [-0.2, 0) is 0 Å². The number of hydrogen-bond acceptors (Lipinski definition) is 1. The summed E-state index contributed by atoms with van der Waals surface area (Å²) in [5, 5.41) is 3.70. The third kappa shape index (κ3) is 4.29. The van der Waals surface area contributed by atoms with Crippen molar-refractivity contribution in [3.8, 4) is 0 Å². The first-order chi connectivity index (χ1) is 9.58. The van der Waals surface area contributed by atoms with Crippen molar-refractivity contribution in [2.24, 2.45) is 5.92 Å². The van der Waals surface area contributed by atoms with Crippen LogP contribution < -0.4 is 5.32 Å². The molecule has 3 heteroatoms. The topological polar surface area (TPSA) is 12.0 Å². The lowest BCUT2D eigenvalue weighted by Gasteiger charge is -2.28. The van der Waals surface area contributed by atoms with Gasteiger partial charge in [-0.15, -0.1) is 0 Å². The molecule has 0 heterocycles. The normalized spacial score (nSPS) is 20.4. The Morgan fingerprint density at radius 1 is 1.15 bits per heavy atom. The SMILES string of the molecule is CC(N[C@@H](C)C1CCCCCC1)c1ccc(F)cc1Br. The summed E-state index contributed by atoms with van der Waals surface area (Å²) >= 11 is 3.47. The fourth-order valence-electron chi connectivity index (χ4n) is 3.28. The highest BCUT2D eigenvalue weighted by Crippen LogP contribution is 2.29. The molecule has 0 saturated heterocycles. The van der Waals surface area contributed by atoms with Crippen LogP contribution in [0.2, 0.25) is 0 Å². The molecule has 1 fully saturated rings. The van der Waals surface area contributed by atoms with E-state index in [9.17, 15) is 4.39 Å². The Kier molecular flexibility index (Phi) is 6.03. The molecular formula is C17H25BrFN. The molecule has 20 heavy (non-hydrogen) atoms. The molecule has 0 aliphatic heterocycles. The Morgan fingerprint density at radius 3 is 2.40 bits per heavy atom. The number of hydrogen-bond donors (Lipinski definition) is 1. The fourth-order valence-corrected chi connectivity index (χ4v) is 3.98. The lowest BCUT2D eigenvalue weighted by Crippen LogP contribution is -2.35. The molecule has 0 amide bonds. The van der Waals surface area contributed by atoms with Gasteiger partial charge in [-0.25, -0.2) is 4.39 Å². The van der Waals surface area contributed by atoms with Crippen molar-refractivity contribution in [3.63, 3.8) is 0 Å². The Bertz CT molecular complexity index is 427. The highest BCUT2D eigenvalue weighted by atomic mass is 79.9. The smallest absolute Gasteiger partial charge is 0.124 e. The summed E-state index contributed by atoms with van der Waals surface area (Å²) in [7, 11) is 0. The van der Waals surface area contributed by atoms with Gasteiger partial charge < -0.3 is 5.32 Å². The maximum atomic E-state index is 13.2. The molecule has 0 radical (unpaired) electrons. The zero-order valence-electron chi connectivity index (χ0n) is 12.5. The minimum Gasteiger partial charge on any atom is -0.307 e. The van der Waals surface area contributed by atoms with E-state index in [0.29, 0.717) is 6.04 Å². The van der Waals surface area contributed by atoms with Crippen LogP contribution in [-0.4, -0.2) is 6.04 Å². The highest BCUT2D eigenvalue weighted by molar-refractivity contribution is 9.10. The second kappa shape index (κ2) is 7.56. The third-order valence-electron chi connectivity index (χ3n) is 4.55. The first kappa shape index (κ1) is 16.0. The molecule has 1 aromatic carbocycles. The Balaban J connectivity index is 1.97. The predicted molar refractivity (Wildman–Crippen MR) is 86.3 cm³/mol. The summed E-state index contributed by atoms with van der Waals surface area (Å²) in [6.45, 7) is 4.45. The second-order valence-electron chi connectivity index (χ2n) is 6.09. The van der Waals surface area contributed by atoms with E-state index in [4.69, 9.17) is 0 Å². The summed E-state index contributed by atoms with van der Waals surface area (Å²) in [5.41, 5.74) is 1.13. The van der Waals surface area contributed by atoms with E-state index in [2.05, 4.69) is 35.1 Å². The van der Waals surface area contributed by atoms with Crippen molar-refractivity contribution >= 4 is 15.9 Å². The van der Waals surface area contributed by atoms with Crippen LogP contribution in [0, 0.1) is 11.7 Å². The molecule has 112 valence electrons. The molecule has 1 unspecified atom stereocenters. The molecule has 1 aliphatic carbocycles. The fraction of sp³-hybridized carbons (Fsp3) is 0.647. The van der Waals surface area contributed by atoms with Crippen molar-refractivity contribution in [3.05, 3.63) is 34.1 Å². The Hall–Kier alpha value is -0.410. The van der Waals surface area contributed by atoms with Crippen LogP contribution in [0.1, 0.15) is 64.0 Å². The van der Waals surface area contributed by atoms with Gasteiger partial charge in [-0.1, -0.05) is 47.7 Å². The van der Waals surface area contributed by atoms with Gasteiger partial charge in [0, 0.05) is 16.6 Å². The van der Waals surface area contributed by atoms with Crippen LogP contribution in [0.5, 0.6) is 0 Å². The summed E-state index contributed by atoms with van der Waals surface area (Å²) in [6.07, 6.45) is 8.19. The van der Waals surface area contributed by atoms with Crippen LogP contribution in [0.4, 0.5) is 4.39 Å². The number of rotatable bonds is 4. The number of benzene rings is 1. The Labute approximate surface area is 130 Å². The molecule has 0 spiro atoms. The maximum absolute atomic E-state index is 13.2. The van der Waals surface area contributed by atoms with Crippen molar-refractivity contribution in [2.45, 2.75) is 64.5 Å². The summed E-state index contributed by atoms with van der Waals surface area (Å²) < 4.78 is 14.0. The van der Waals surface area contributed by atoms with Gasteiger partial charge in [-0.2, -0.15) is 0 Å². The van der Waals surface area contributed by atoms with Crippen LogP contribution >= 0.6 is 15.9 Å². The van der Waals surface area contributed by atoms with Gasteiger partial charge in [0.25, 0.3) is 0 Å². The molecule has 2 rings (SSSR count). The van der Waals surface area contributed by atoms with Crippen molar-refractivity contribution in [1.29, 1.82) is 0 Å². The molecule has 1 aliphatic rings. The Morgan fingerprint density at radius 2 is 1.80 bits per heavy atom. The van der Waals surface area contributed by atoms with Crippen LogP contribution in [0.15, 0.2) is 22.7 Å². The zero-order chi connectivity index (χ0) is 14.5. The molecule has 2 atom stereocenters. The van der Waals surface area contributed by atoms with E-state index in [0.717, 1.165) is 16.0 Å². The van der Waals surface area contributed by atoms with E-state index in [1.165, 1.54) is 44.6 Å². The van der Waals surface area contributed by atoms with Gasteiger partial charge in [0.05, 0.1) is 0 Å². The number of nitrogens with one attached hydrogen (secondary N) is 1. The van der Waals surface area contributed by atoms with Gasteiger partial charge in [-0.3, -0.25) is 0 Å². The van der Waals surface area contributed by atoms with E-state index in [1.807, 2.05) is 6.07 Å².